The Hall–Kier alpha value is -0.580. The highest BCUT2D eigenvalue weighted by atomic mass is 79.9. The fourth-order valence-electron chi connectivity index (χ4n) is 4.62. The predicted molar refractivity (Wildman–Crippen MR) is 117 cm³/mol. The Bertz CT molecular complexity index is 576. The number of piperidine rings is 1. The first-order valence-electron chi connectivity index (χ1n) is 10.9. The summed E-state index contributed by atoms with van der Waals surface area (Å²) in [5, 5.41) is 0. The van der Waals surface area contributed by atoms with Crippen LogP contribution in [0.5, 0.6) is 5.75 Å². The van der Waals surface area contributed by atoms with Gasteiger partial charge in [0.2, 0.25) is 0 Å². The number of nitrogens with zero attached hydrogens (tertiary/aromatic N) is 1. The van der Waals surface area contributed by atoms with Gasteiger partial charge < -0.3 is 15.4 Å². The molecule has 0 atom stereocenters. The van der Waals surface area contributed by atoms with E-state index in [0.717, 1.165) is 24.0 Å². The lowest BCUT2D eigenvalue weighted by atomic mass is 9.84. The highest BCUT2D eigenvalue weighted by Gasteiger charge is 2.23. The van der Waals surface area contributed by atoms with Crippen LogP contribution in [-0.2, 0) is 6.42 Å². The van der Waals surface area contributed by atoms with Crippen LogP contribution in [0.15, 0.2) is 22.7 Å². The normalized spacial score (nSPS) is 25.1. The Morgan fingerprint density at radius 1 is 1.07 bits per heavy atom. The molecule has 1 aliphatic carbocycles. The van der Waals surface area contributed by atoms with Crippen LogP contribution in [0.2, 0.25) is 0 Å². The molecule has 1 aromatic rings. The predicted octanol–water partition coefficient (Wildman–Crippen LogP) is 5.40. The monoisotopic (exact) mass is 436 g/mol. The van der Waals surface area contributed by atoms with E-state index < -0.39 is 0 Å². The number of likely N-dealkylation sites (tertiary alicyclic amines) is 1. The van der Waals surface area contributed by atoms with Crippen LogP contribution in [0.3, 0.4) is 0 Å². The first kappa shape index (κ1) is 21.1. The largest absolute Gasteiger partial charge is 0.491 e. The highest BCUT2D eigenvalue weighted by Crippen LogP contribution is 2.30. The van der Waals surface area contributed by atoms with Gasteiger partial charge in [-0.15, -0.1) is 0 Å². The van der Waals surface area contributed by atoms with E-state index in [0.29, 0.717) is 6.04 Å². The molecule has 1 saturated heterocycles. The molecule has 1 aliphatic heterocycles. The second kappa shape index (κ2) is 10.3. The number of hydrogen-bond donors (Lipinski definition) is 1. The van der Waals surface area contributed by atoms with Crippen molar-refractivity contribution < 1.29 is 4.74 Å². The molecular formula is C23H37BrN2O. The Kier molecular flexibility index (Phi) is 8.04. The van der Waals surface area contributed by atoms with Gasteiger partial charge in [-0.25, -0.2) is 0 Å². The van der Waals surface area contributed by atoms with Gasteiger partial charge in [-0.2, -0.15) is 0 Å². The third-order valence-electron chi connectivity index (χ3n) is 6.35. The molecule has 0 spiro atoms. The maximum Gasteiger partial charge on any atom is 0.120 e. The van der Waals surface area contributed by atoms with Gasteiger partial charge in [0.05, 0.1) is 6.10 Å². The lowest BCUT2D eigenvalue weighted by Crippen LogP contribution is -2.36. The van der Waals surface area contributed by atoms with Crippen molar-refractivity contribution in [3.8, 4) is 5.75 Å². The van der Waals surface area contributed by atoms with Crippen molar-refractivity contribution >= 4 is 15.9 Å². The molecule has 0 radical (unpaired) electrons. The van der Waals surface area contributed by atoms with E-state index in [-0.39, 0.29) is 6.10 Å². The molecule has 0 aromatic heterocycles. The van der Waals surface area contributed by atoms with E-state index >= 15 is 0 Å². The maximum atomic E-state index is 6.04. The fraction of sp³-hybridized carbons (Fsp3) is 0.739. The molecule has 3 rings (SSSR count). The number of nitrogens with two attached hydrogens (primary N) is 1. The van der Waals surface area contributed by atoms with E-state index in [1.165, 1.54) is 74.6 Å². The topological polar surface area (TPSA) is 38.5 Å². The molecule has 0 unspecified atom stereocenters. The third kappa shape index (κ3) is 6.76. The standard InChI is InChI=1S/C23H37BrN2O/c1-17(2)27-22-7-8-23(24)20(16-22)15-19-10-13-26(14-11-19)12-9-18-3-5-21(25)6-4-18/h7-8,16-19,21H,3-6,9-15,25H2,1-2H3. The van der Waals surface area contributed by atoms with E-state index in [1.807, 2.05) is 0 Å². The van der Waals surface area contributed by atoms with Crippen molar-refractivity contribution in [1.82, 2.24) is 4.90 Å². The van der Waals surface area contributed by atoms with Crippen molar-refractivity contribution in [3.05, 3.63) is 28.2 Å². The summed E-state index contributed by atoms with van der Waals surface area (Å²) >= 11 is 3.73. The number of halogens is 1. The zero-order chi connectivity index (χ0) is 19.2. The number of benzene rings is 1. The molecule has 0 amide bonds. The molecule has 152 valence electrons. The van der Waals surface area contributed by atoms with E-state index in [2.05, 4.69) is 52.9 Å². The average Bonchev–Trinajstić information content (AvgIpc) is 2.65. The maximum absolute atomic E-state index is 6.04. The van der Waals surface area contributed by atoms with Crippen molar-refractivity contribution in [2.45, 2.75) is 77.4 Å². The Morgan fingerprint density at radius 2 is 1.78 bits per heavy atom. The molecule has 4 heteroatoms. The van der Waals surface area contributed by atoms with Crippen LogP contribution in [0, 0.1) is 11.8 Å². The molecule has 1 saturated carbocycles. The molecule has 2 aliphatic rings. The van der Waals surface area contributed by atoms with Gasteiger partial charge in [-0.3, -0.25) is 0 Å². The Labute approximate surface area is 174 Å². The quantitative estimate of drug-likeness (QED) is 0.621. The summed E-state index contributed by atoms with van der Waals surface area (Å²) in [6.07, 6.45) is 10.6. The molecule has 2 fully saturated rings. The average molecular weight is 437 g/mol. The second-order valence-electron chi connectivity index (χ2n) is 8.98. The molecular weight excluding hydrogens is 400 g/mol. The molecule has 2 N–H and O–H groups in total. The molecule has 27 heavy (non-hydrogen) atoms. The van der Waals surface area contributed by atoms with Crippen molar-refractivity contribution in [2.75, 3.05) is 19.6 Å². The smallest absolute Gasteiger partial charge is 0.120 e. The number of rotatable bonds is 7. The summed E-state index contributed by atoms with van der Waals surface area (Å²) in [4.78, 5) is 2.69. The molecule has 1 heterocycles. The summed E-state index contributed by atoms with van der Waals surface area (Å²) in [5.41, 5.74) is 7.43. The van der Waals surface area contributed by atoms with E-state index in [9.17, 15) is 0 Å². The SMILES string of the molecule is CC(C)Oc1ccc(Br)c(CC2CCN(CCC3CCC(N)CC3)CC2)c1. The van der Waals surface area contributed by atoms with Gasteiger partial charge in [0.25, 0.3) is 0 Å². The summed E-state index contributed by atoms with van der Waals surface area (Å²) in [6, 6.07) is 6.90. The minimum absolute atomic E-state index is 0.224. The van der Waals surface area contributed by atoms with Crippen LogP contribution >= 0.6 is 15.9 Å². The van der Waals surface area contributed by atoms with Gasteiger partial charge in [-0.05, 0) is 120 Å². The summed E-state index contributed by atoms with van der Waals surface area (Å²) in [5.74, 6) is 2.70. The second-order valence-corrected chi connectivity index (χ2v) is 9.83. The van der Waals surface area contributed by atoms with Crippen LogP contribution in [0.25, 0.3) is 0 Å². The fourth-order valence-corrected chi connectivity index (χ4v) is 5.03. The Morgan fingerprint density at radius 3 is 2.44 bits per heavy atom. The van der Waals surface area contributed by atoms with Crippen LogP contribution in [0.1, 0.15) is 64.4 Å². The van der Waals surface area contributed by atoms with Gasteiger partial charge in [0, 0.05) is 10.5 Å². The van der Waals surface area contributed by atoms with Crippen LogP contribution < -0.4 is 10.5 Å². The summed E-state index contributed by atoms with van der Waals surface area (Å²) in [7, 11) is 0. The van der Waals surface area contributed by atoms with E-state index in [4.69, 9.17) is 10.5 Å². The molecule has 0 bridgehead atoms. The van der Waals surface area contributed by atoms with Gasteiger partial charge in [0.1, 0.15) is 5.75 Å². The van der Waals surface area contributed by atoms with Crippen molar-refractivity contribution in [2.24, 2.45) is 17.6 Å². The van der Waals surface area contributed by atoms with Gasteiger partial charge >= 0.3 is 0 Å². The first-order valence-corrected chi connectivity index (χ1v) is 11.7. The first-order chi connectivity index (χ1) is 13.0. The van der Waals surface area contributed by atoms with Crippen molar-refractivity contribution in [1.29, 1.82) is 0 Å². The van der Waals surface area contributed by atoms with Crippen LogP contribution in [-0.4, -0.2) is 36.7 Å². The summed E-state index contributed by atoms with van der Waals surface area (Å²) in [6.45, 7) is 7.97. The van der Waals surface area contributed by atoms with Gasteiger partial charge in [-0.1, -0.05) is 15.9 Å². The minimum atomic E-state index is 0.224. The third-order valence-corrected chi connectivity index (χ3v) is 7.12. The molecule has 3 nitrogen and oxygen atoms in total. The zero-order valence-electron chi connectivity index (χ0n) is 17.1. The van der Waals surface area contributed by atoms with Crippen molar-refractivity contribution in [3.63, 3.8) is 0 Å². The highest BCUT2D eigenvalue weighted by molar-refractivity contribution is 9.10. The van der Waals surface area contributed by atoms with Crippen LogP contribution in [0.4, 0.5) is 0 Å². The lowest BCUT2D eigenvalue weighted by molar-refractivity contribution is 0.165. The lowest BCUT2D eigenvalue weighted by Gasteiger charge is -2.34. The number of ether oxygens (including phenoxy) is 1. The summed E-state index contributed by atoms with van der Waals surface area (Å²) < 4.78 is 7.09. The zero-order valence-corrected chi connectivity index (χ0v) is 18.7. The number of hydrogen-bond acceptors (Lipinski definition) is 3. The van der Waals surface area contributed by atoms with Gasteiger partial charge in [0.15, 0.2) is 0 Å². The minimum Gasteiger partial charge on any atom is -0.491 e. The molecule has 1 aromatic carbocycles. The van der Waals surface area contributed by atoms with E-state index in [1.54, 1.807) is 0 Å². The Balaban J connectivity index is 1.41.